The van der Waals surface area contributed by atoms with Gasteiger partial charge in [0.05, 0.1) is 5.69 Å². The molecule has 174 valence electrons. The van der Waals surface area contributed by atoms with Crippen molar-refractivity contribution in [3.8, 4) is 0 Å². The lowest BCUT2D eigenvalue weighted by atomic mass is 9.79. The summed E-state index contributed by atoms with van der Waals surface area (Å²) in [5.41, 5.74) is 7.04. The lowest BCUT2D eigenvalue weighted by molar-refractivity contribution is 0.377. The normalized spacial score (nSPS) is 21.3. The molecule has 1 heteroatoms. The molecule has 1 saturated carbocycles. The van der Waals surface area contributed by atoms with E-state index in [0.717, 1.165) is 18.0 Å². The molecule has 1 nitrogen and oxygen atoms in total. The minimum atomic E-state index is 0.176. The molecule has 3 rings (SSSR count). The van der Waals surface area contributed by atoms with Crippen molar-refractivity contribution in [3.05, 3.63) is 64.7 Å². The van der Waals surface area contributed by atoms with E-state index in [1.807, 2.05) is 0 Å². The van der Waals surface area contributed by atoms with Gasteiger partial charge in [0.15, 0.2) is 0 Å². The van der Waals surface area contributed by atoms with Crippen molar-refractivity contribution < 1.29 is 0 Å². The van der Waals surface area contributed by atoms with E-state index in [1.165, 1.54) is 56.1 Å². The smallest absolute Gasteiger partial charge is 0.0630 e. The highest BCUT2D eigenvalue weighted by Crippen LogP contribution is 2.36. The predicted octanol–water partition coefficient (Wildman–Crippen LogP) is 9.40. The number of benzene rings is 2. The molecule has 1 unspecified atom stereocenters. The molecule has 1 atom stereocenters. The van der Waals surface area contributed by atoms with E-state index in [4.69, 9.17) is 4.99 Å². The van der Waals surface area contributed by atoms with Crippen LogP contribution >= 0.6 is 0 Å². The average molecular weight is 432 g/mol. The molecule has 32 heavy (non-hydrogen) atoms. The van der Waals surface area contributed by atoms with Crippen LogP contribution in [-0.4, -0.2) is 6.21 Å². The summed E-state index contributed by atoms with van der Waals surface area (Å²) in [7, 11) is 0. The summed E-state index contributed by atoms with van der Waals surface area (Å²) in [6.07, 6.45) is 12.7. The van der Waals surface area contributed by atoms with Crippen molar-refractivity contribution in [2.75, 3.05) is 0 Å². The number of hydrogen-bond acceptors (Lipinski definition) is 1. The van der Waals surface area contributed by atoms with Crippen LogP contribution in [0.3, 0.4) is 0 Å². The van der Waals surface area contributed by atoms with E-state index < -0.39 is 0 Å². The van der Waals surface area contributed by atoms with Gasteiger partial charge in [-0.3, -0.25) is 4.99 Å². The maximum absolute atomic E-state index is 4.90. The summed E-state index contributed by atoms with van der Waals surface area (Å²) in [6.45, 7) is 13.9. The third-order valence-electron chi connectivity index (χ3n) is 7.52. The van der Waals surface area contributed by atoms with Crippen LogP contribution in [0.15, 0.2) is 47.5 Å². The van der Waals surface area contributed by atoms with Crippen LogP contribution in [-0.2, 0) is 11.8 Å². The van der Waals surface area contributed by atoms with Crippen LogP contribution < -0.4 is 0 Å². The maximum Gasteiger partial charge on any atom is 0.0630 e. The Balaban J connectivity index is 1.89. The molecule has 2 aromatic carbocycles. The van der Waals surface area contributed by atoms with Crippen molar-refractivity contribution in [2.45, 2.75) is 104 Å². The molecule has 0 aliphatic heterocycles. The van der Waals surface area contributed by atoms with E-state index in [-0.39, 0.29) is 5.41 Å². The van der Waals surface area contributed by atoms with E-state index in [9.17, 15) is 0 Å². The first-order chi connectivity index (χ1) is 15.3. The second kappa shape index (κ2) is 11.3. The zero-order chi connectivity index (χ0) is 23.1. The molecule has 0 amide bonds. The topological polar surface area (TPSA) is 12.4 Å². The fraction of sp³-hybridized carbons (Fsp3) is 0.581. The minimum absolute atomic E-state index is 0.176. The molecule has 2 aromatic rings. The summed E-state index contributed by atoms with van der Waals surface area (Å²) in [4.78, 5) is 4.90. The summed E-state index contributed by atoms with van der Waals surface area (Å²) >= 11 is 0. The van der Waals surface area contributed by atoms with Crippen molar-refractivity contribution in [1.82, 2.24) is 0 Å². The lowest BCUT2D eigenvalue weighted by Gasteiger charge is -2.26. The van der Waals surface area contributed by atoms with E-state index >= 15 is 0 Å². The van der Waals surface area contributed by atoms with Gasteiger partial charge in [-0.05, 0) is 76.8 Å². The van der Waals surface area contributed by atoms with E-state index in [1.54, 1.807) is 11.1 Å². The Kier molecular flexibility index (Phi) is 8.74. The summed E-state index contributed by atoms with van der Waals surface area (Å²) in [6, 6.07) is 15.7. The molecule has 1 fully saturated rings. The predicted molar refractivity (Wildman–Crippen MR) is 142 cm³/mol. The van der Waals surface area contributed by atoms with E-state index in [2.05, 4.69) is 90.2 Å². The zero-order valence-corrected chi connectivity index (χ0v) is 21.5. The lowest BCUT2D eigenvalue weighted by Crippen LogP contribution is -2.12. The zero-order valence-electron chi connectivity index (χ0n) is 21.5. The molecule has 0 radical (unpaired) electrons. The molecule has 0 aromatic heterocycles. The molecule has 1 aliphatic rings. The Morgan fingerprint density at radius 1 is 0.969 bits per heavy atom. The fourth-order valence-electron chi connectivity index (χ4n) is 5.07. The van der Waals surface area contributed by atoms with Gasteiger partial charge in [0.1, 0.15) is 0 Å². The van der Waals surface area contributed by atoms with Gasteiger partial charge in [0.2, 0.25) is 0 Å². The molecule has 1 aliphatic carbocycles. The van der Waals surface area contributed by atoms with Crippen molar-refractivity contribution in [3.63, 3.8) is 0 Å². The summed E-state index contributed by atoms with van der Waals surface area (Å²) in [5, 5.41) is 0. The Bertz CT molecular complexity index is 858. The Labute approximate surface area is 197 Å². The maximum atomic E-state index is 4.90. The first kappa shape index (κ1) is 24.7. The van der Waals surface area contributed by atoms with E-state index in [0.29, 0.717) is 11.8 Å². The first-order valence-electron chi connectivity index (χ1n) is 13.0. The largest absolute Gasteiger partial charge is 0.256 e. The van der Waals surface area contributed by atoms with Crippen molar-refractivity contribution >= 4 is 11.9 Å². The molecule has 0 heterocycles. The molecule has 0 saturated heterocycles. The molecule has 0 N–H and O–H groups in total. The molecular formula is C31H45N. The monoisotopic (exact) mass is 431 g/mol. The quantitative estimate of drug-likeness (QED) is 0.404. The van der Waals surface area contributed by atoms with Gasteiger partial charge in [-0.25, -0.2) is 0 Å². The fourth-order valence-corrected chi connectivity index (χ4v) is 5.07. The van der Waals surface area contributed by atoms with Gasteiger partial charge in [-0.2, -0.15) is 0 Å². The summed E-state index contributed by atoms with van der Waals surface area (Å²) in [5.74, 6) is 2.31. The van der Waals surface area contributed by atoms with Gasteiger partial charge in [0.25, 0.3) is 0 Å². The van der Waals surface area contributed by atoms with Crippen LogP contribution in [0.4, 0.5) is 5.69 Å². The number of nitrogens with zero attached hydrogens (tertiary/aromatic N) is 1. The summed E-state index contributed by atoms with van der Waals surface area (Å²) < 4.78 is 0. The Morgan fingerprint density at radius 2 is 1.62 bits per heavy atom. The van der Waals surface area contributed by atoms with Gasteiger partial charge in [0, 0.05) is 6.21 Å². The minimum Gasteiger partial charge on any atom is -0.256 e. The second-order valence-electron chi connectivity index (χ2n) is 11.4. The molecule has 0 spiro atoms. The highest BCUT2D eigenvalue weighted by atomic mass is 14.7. The number of rotatable bonds is 6. The van der Waals surface area contributed by atoms with Gasteiger partial charge in [-0.15, -0.1) is 0 Å². The average Bonchev–Trinajstić information content (AvgIpc) is 2.75. The van der Waals surface area contributed by atoms with Gasteiger partial charge >= 0.3 is 0 Å². The standard InChI is InChI=1S/C31H45N/c1-7-23(2)21-30-26(22-32-28-19-17-27(18-20-28)31(4,5)6)15-10-16-29(30)25-13-8-11-24(3)12-9-14-25/h10,15-20,22-25H,7-9,11-14,21H2,1-6H3. The third kappa shape index (κ3) is 6.80. The Morgan fingerprint density at radius 3 is 2.22 bits per heavy atom. The highest BCUT2D eigenvalue weighted by Gasteiger charge is 2.21. The molecule has 0 bridgehead atoms. The van der Waals surface area contributed by atoms with Gasteiger partial charge < -0.3 is 0 Å². The van der Waals surface area contributed by atoms with Crippen LogP contribution in [0.1, 0.15) is 115 Å². The van der Waals surface area contributed by atoms with Crippen LogP contribution in [0.2, 0.25) is 0 Å². The van der Waals surface area contributed by atoms with Crippen LogP contribution in [0.5, 0.6) is 0 Å². The third-order valence-corrected chi connectivity index (χ3v) is 7.52. The number of aliphatic imine (C=N–C) groups is 1. The SMILES string of the molecule is CCC(C)Cc1c(C=Nc2ccc(C(C)(C)C)cc2)cccc1C1CCCC(C)CCC1. The number of hydrogen-bond donors (Lipinski definition) is 0. The molecular weight excluding hydrogens is 386 g/mol. The van der Waals surface area contributed by atoms with Gasteiger partial charge in [-0.1, -0.05) is 104 Å². The first-order valence-corrected chi connectivity index (χ1v) is 13.0. The van der Waals surface area contributed by atoms with Crippen LogP contribution in [0, 0.1) is 11.8 Å². The Hall–Kier alpha value is -1.89. The van der Waals surface area contributed by atoms with Crippen molar-refractivity contribution in [2.24, 2.45) is 16.8 Å². The second-order valence-corrected chi connectivity index (χ2v) is 11.4. The van der Waals surface area contributed by atoms with Crippen molar-refractivity contribution in [1.29, 1.82) is 0 Å². The van der Waals surface area contributed by atoms with Crippen LogP contribution in [0.25, 0.3) is 0 Å². The highest BCUT2D eigenvalue weighted by molar-refractivity contribution is 5.84.